The van der Waals surface area contributed by atoms with Crippen LogP contribution in [0.5, 0.6) is 17.2 Å². The summed E-state index contributed by atoms with van der Waals surface area (Å²) in [6.07, 6.45) is 2.27. The molecule has 0 unspecified atom stereocenters. The Morgan fingerprint density at radius 3 is 2.38 bits per heavy atom. The maximum atomic E-state index is 13.3. The fourth-order valence-electron chi connectivity index (χ4n) is 3.66. The number of nitrogens with zero attached hydrogens (tertiary/aromatic N) is 1. The number of urea groups is 1. The van der Waals surface area contributed by atoms with Crippen molar-refractivity contribution in [3.63, 3.8) is 0 Å². The van der Waals surface area contributed by atoms with E-state index in [1.165, 1.54) is 13.2 Å². The molecule has 1 heterocycles. The van der Waals surface area contributed by atoms with Crippen LogP contribution in [0.25, 0.3) is 6.08 Å². The van der Waals surface area contributed by atoms with Crippen molar-refractivity contribution in [2.75, 3.05) is 18.6 Å². The summed E-state index contributed by atoms with van der Waals surface area (Å²) in [5.41, 5.74) is 1.71. The molecule has 9 heteroatoms. The van der Waals surface area contributed by atoms with Gasteiger partial charge in [0.1, 0.15) is 17.9 Å². The molecule has 0 bridgehead atoms. The predicted molar refractivity (Wildman–Crippen MR) is 148 cm³/mol. The number of hydrogen-bond acceptors (Lipinski definition) is 6. The lowest BCUT2D eigenvalue weighted by molar-refractivity contribution is -0.122. The van der Waals surface area contributed by atoms with Gasteiger partial charge in [0, 0.05) is 0 Å². The van der Waals surface area contributed by atoms with Crippen LogP contribution in [0.2, 0.25) is 0 Å². The molecule has 1 N–H and O–H groups in total. The van der Waals surface area contributed by atoms with Gasteiger partial charge in [0.2, 0.25) is 0 Å². The lowest BCUT2D eigenvalue weighted by atomic mass is 10.1. The van der Waals surface area contributed by atoms with Crippen molar-refractivity contribution >= 4 is 52.2 Å². The Morgan fingerprint density at radius 1 is 0.973 bits per heavy atom. The Hall–Kier alpha value is -3.86. The van der Waals surface area contributed by atoms with Crippen LogP contribution in [0, 0.1) is 3.57 Å². The molecule has 4 rings (SSSR count). The highest BCUT2D eigenvalue weighted by molar-refractivity contribution is 14.1. The summed E-state index contributed by atoms with van der Waals surface area (Å²) in [5.74, 6) is 0.158. The zero-order valence-corrected chi connectivity index (χ0v) is 22.5. The van der Waals surface area contributed by atoms with E-state index in [1.54, 1.807) is 36.4 Å². The van der Waals surface area contributed by atoms with Gasteiger partial charge >= 0.3 is 6.03 Å². The average Bonchev–Trinajstić information content (AvgIpc) is 2.90. The van der Waals surface area contributed by atoms with E-state index >= 15 is 0 Å². The third-order valence-corrected chi connectivity index (χ3v) is 6.26. The summed E-state index contributed by atoms with van der Waals surface area (Å²) in [6.45, 7) is 2.92. The van der Waals surface area contributed by atoms with Crippen molar-refractivity contribution in [1.82, 2.24) is 5.32 Å². The first-order valence-corrected chi connectivity index (χ1v) is 12.7. The number of imide groups is 2. The number of anilines is 1. The molecular weight excluding hydrogens is 587 g/mol. The Bertz CT molecular complexity index is 1340. The van der Waals surface area contributed by atoms with Gasteiger partial charge in [-0.05, 0) is 82.6 Å². The Morgan fingerprint density at radius 2 is 1.70 bits per heavy atom. The van der Waals surface area contributed by atoms with Gasteiger partial charge in [-0.3, -0.25) is 14.9 Å². The van der Waals surface area contributed by atoms with Gasteiger partial charge in [0.15, 0.2) is 11.5 Å². The molecule has 8 nitrogen and oxygen atoms in total. The van der Waals surface area contributed by atoms with E-state index in [9.17, 15) is 14.4 Å². The largest absolute Gasteiger partial charge is 0.493 e. The molecule has 0 spiro atoms. The number of carbonyl (C=O) groups excluding carboxylic acids is 3. The number of hydrogen-bond donors (Lipinski definition) is 1. The minimum atomic E-state index is -0.819. The summed E-state index contributed by atoms with van der Waals surface area (Å²) in [6, 6.07) is 18.9. The lowest BCUT2D eigenvalue weighted by Crippen LogP contribution is -2.54. The molecule has 1 saturated heterocycles. The van der Waals surface area contributed by atoms with Gasteiger partial charge in [0.25, 0.3) is 11.8 Å². The summed E-state index contributed by atoms with van der Waals surface area (Å²) in [4.78, 5) is 39.4. The zero-order valence-electron chi connectivity index (χ0n) is 20.3. The number of barbiturate groups is 1. The SMILES string of the molecule is CCCOc1c(I)cc(/C=C2\C(=O)NC(=O)N(c3ccc(OCc4ccccc4)cc3)C2=O)cc1OC. The highest BCUT2D eigenvalue weighted by Gasteiger charge is 2.37. The highest BCUT2D eigenvalue weighted by atomic mass is 127. The Balaban J connectivity index is 1.56. The van der Waals surface area contributed by atoms with E-state index in [-0.39, 0.29) is 5.57 Å². The first-order chi connectivity index (χ1) is 17.9. The number of halogens is 1. The third kappa shape index (κ3) is 6.11. The molecule has 1 aliphatic rings. The van der Waals surface area contributed by atoms with Crippen molar-refractivity contribution in [1.29, 1.82) is 0 Å². The van der Waals surface area contributed by atoms with E-state index in [2.05, 4.69) is 27.9 Å². The van der Waals surface area contributed by atoms with Crippen LogP contribution in [0.4, 0.5) is 10.5 Å². The lowest BCUT2D eigenvalue weighted by Gasteiger charge is -2.26. The molecule has 190 valence electrons. The average molecular weight is 612 g/mol. The molecule has 3 aromatic carbocycles. The third-order valence-electron chi connectivity index (χ3n) is 5.46. The monoisotopic (exact) mass is 612 g/mol. The van der Waals surface area contributed by atoms with Crippen LogP contribution in [0.1, 0.15) is 24.5 Å². The van der Waals surface area contributed by atoms with Crippen LogP contribution < -0.4 is 24.4 Å². The molecule has 0 aromatic heterocycles. The van der Waals surface area contributed by atoms with Gasteiger partial charge < -0.3 is 14.2 Å². The number of carbonyl (C=O) groups is 3. The first kappa shape index (κ1) is 26.2. The van der Waals surface area contributed by atoms with Gasteiger partial charge in [-0.15, -0.1) is 0 Å². The molecule has 3 aromatic rings. The second-order valence-corrected chi connectivity index (χ2v) is 9.27. The highest BCUT2D eigenvalue weighted by Crippen LogP contribution is 2.35. The van der Waals surface area contributed by atoms with Crippen molar-refractivity contribution in [2.24, 2.45) is 0 Å². The molecule has 1 aliphatic heterocycles. The van der Waals surface area contributed by atoms with E-state index in [4.69, 9.17) is 14.2 Å². The molecular formula is C28H25IN2O6. The molecule has 4 amide bonds. The first-order valence-electron chi connectivity index (χ1n) is 11.6. The van der Waals surface area contributed by atoms with E-state index in [1.807, 2.05) is 37.3 Å². The fraction of sp³-hybridized carbons (Fsp3) is 0.179. The van der Waals surface area contributed by atoms with Gasteiger partial charge in [-0.1, -0.05) is 37.3 Å². The minimum Gasteiger partial charge on any atom is -0.493 e. The summed E-state index contributed by atoms with van der Waals surface area (Å²) in [5, 5.41) is 2.24. The van der Waals surface area contributed by atoms with E-state index in [0.29, 0.717) is 41.7 Å². The van der Waals surface area contributed by atoms with Crippen LogP contribution in [0.15, 0.2) is 72.3 Å². The van der Waals surface area contributed by atoms with Crippen molar-refractivity contribution in [3.8, 4) is 17.2 Å². The molecule has 0 aliphatic carbocycles. The minimum absolute atomic E-state index is 0.177. The molecule has 1 fully saturated rings. The Kier molecular flexibility index (Phi) is 8.44. The normalized spacial score (nSPS) is 14.5. The number of ether oxygens (including phenoxy) is 3. The van der Waals surface area contributed by atoms with Gasteiger partial charge in [0.05, 0.1) is 23.0 Å². The fourth-order valence-corrected chi connectivity index (χ4v) is 4.44. The van der Waals surface area contributed by atoms with Crippen LogP contribution in [0.3, 0.4) is 0 Å². The molecule has 0 atom stereocenters. The second kappa shape index (κ2) is 11.9. The van der Waals surface area contributed by atoms with E-state index in [0.717, 1.165) is 20.5 Å². The standard InChI is InChI=1S/C28H25IN2O6/c1-3-13-36-25-23(29)15-19(16-24(25)35-2)14-22-26(32)30-28(34)31(27(22)33)20-9-11-21(12-10-20)37-17-18-7-5-4-6-8-18/h4-12,14-16H,3,13,17H2,1-2H3,(H,30,32,34)/b22-14+. The topological polar surface area (TPSA) is 94.2 Å². The number of nitrogens with one attached hydrogen (secondary N) is 1. The van der Waals surface area contributed by atoms with Crippen LogP contribution >= 0.6 is 22.6 Å². The van der Waals surface area contributed by atoms with Crippen molar-refractivity contribution < 1.29 is 28.6 Å². The summed E-state index contributed by atoms with van der Waals surface area (Å²) in [7, 11) is 1.52. The number of methoxy groups -OCH3 is 1. The van der Waals surface area contributed by atoms with Gasteiger partial charge in [-0.2, -0.15) is 0 Å². The predicted octanol–water partition coefficient (Wildman–Crippen LogP) is 5.33. The number of rotatable bonds is 9. The molecule has 0 saturated carbocycles. The molecule has 37 heavy (non-hydrogen) atoms. The maximum absolute atomic E-state index is 13.3. The summed E-state index contributed by atoms with van der Waals surface area (Å²) < 4.78 is 17.8. The van der Waals surface area contributed by atoms with Crippen LogP contribution in [-0.4, -0.2) is 31.6 Å². The second-order valence-electron chi connectivity index (χ2n) is 8.11. The number of amides is 4. The maximum Gasteiger partial charge on any atom is 0.335 e. The zero-order chi connectivity index (χ0) is 26.4. The van der Waals surface area contributed by atoms with E-state index < -0.39 is 17.8 Å². The van der Waals surface area contributed by atoms with Crippen molar-refractivity contribution in [2.45, 2.75) is 20.0 Å². The smallest absolute Gasteiger partial charge is 0.335 e. The Labute approximate surface area is 228 Å². The van der Waals surface area contributed by atoms with Crippen molar-refractivity contribution in [3.05, 3.63) is 87.0 Å². The molecule has 0 radical (unpaired) electrons. The number of benzene rings is 3. The summed E-state index contributed by atoms with van der Waals surface area (Å²) >= 11 is 2.11. The van der Waals surface area contributed by atoms with Gasteiger partial charge in [-0.25, -0.2) is 9.69 Å². The quantitative estimate of drug-likeness (QED) is 0.200. The van der Waals surface area contributed by atoms with Crippen LogP contribution in [-0.2, 0) is 16.2 Å².